The summed E-state index contributed by atoms with van der Waals surface area (Å²) in [5, 5.41) is 8.03. The Hall–Kier alpha value is -2.61. The number of H-pyrrole nitrogens is 1. The molecule has 0 fully saturated rings. The highest BCUT2D eigenvalue weighted by Gasteiger charge is 2.12. The fourth-order valence-corrected chi connectivity index (χ4v) is 1.80. The van der Waals surface area contributed by atoms with Crippen molar-refractivity contribution < 1.29 is 4.42 Å². The number of nitrogens with zero attached hydrogens (tertiary/aromatic N) is 3. The molecular weight excluding hydrogens is 240 g/mol. The minimum Gasteiger partial charge on any atom is -0.442 e. The van der Waals surface area contributed by atoms with E-state index in [1.807, 2.05) is 26.8 Å². The first-order chi connectivity index (χ1) is 9.29. The van der Waals surface area contributed by atoms with E-state index in [-0.39, 0.29) is 0 Å². The molecule has 0 saturated heterocycles. The number of nitrogens with one attached hydrogen (secondary N) is 1. The van der Waals surface area contributed by atoms with Crippen molar-refractivity contribution in [1.82, 2.24) is 15.2 Å². The Kier molecular flexibility index (Phi) is 3.62. The first-order valence-electron chi connectivity index (χ1n) is 6.04. The topological polar surface area (TPSA) is 59.1 Å². The van der Waals surface area contributed by atoms with Gasteiger partial charge in [-0.2, -0.15) is 5.10 Å². The number of oxazole rings is 1. The third-order valence-corrected chi connectivity index (χ3v) is 2.67. The quantitative estimate of drug-likeness (QED) is 0.665. The Labute approximate surface area is 111 Å². The molecular formula is C14H14N4O. The predicted molar refractivity (Wildman–Crippen MR) is 73.9 cm³/mol. The van der Waals surface area contributed by atoms with E-state index in [4.69, 9.17) is 11.0 Å². The van der Waals surface area contributed by atoms with Crippen LogP contribution in [0.3, 0.4) is 0 Å². The Balaban J connectivity index is 0.000000637. The third-order valence-electron chi connectivity index (χ3n) is 2.67. The van der Waals surface area contributed by atoms with E-state index in [0.717, 1.165) is 22.2 Å². The molecule has 3 rings (SSSR count). The zero-order valence-electron chi connectivity index (χ0n) is 11.1. The van der Waals surface area contributed by atoms with Crippen molar-refractivity contribution in [2.75, 3.05) is 0 Å². The maximum atomic E-state index is 7.07. The number of aryl methyl sites for hydroxylation is 1. The fraction of sp³-hybridized carbons (Fsp3) is 0.214. The minimum absolute atomic E-state index is 0.617. The Bertz CT molecular complexity index is 720. The number of hydrogen-bond acceptors (Lipinski definition) is 3. The van der Waals surface area contributed by atoms with Crippen LogP contribution in [0.15, 0.2) is 29.1 Å². The third kappa shape index (κ3) is 2.20. The molecule has 0 aliphatic rings. The highest BCUT2D eigenvalue weighted by molar-refractivity contribution is 5.94. The summed E-state index contributed by atoms with van der Waals surface area (Å²) in [5.41, 5.74) is 3.10. The average Bonchev–Trinajstić information content (AvgIpc) is 3.08. The van der Waals surface area contributed by atoms with Gasteiger partial charge in [-0.05, 0) is 18.6 Å². The minimum atomic E-state index is 0.617. The van der Waals surface area contributed by atoms with Crippen LogP contribution < -0.4 is 0 Å². The number of aromatic amines is 1. The largest absolute Gasteiger partial charge is 0.442 e. The van der Waals surface area contributed by atoms with Gasteiger partial charge in [0.2, 0.25) is 0 Å². The molecule has 2 heterocycles. The van der Waals surface area contributed by atoms with Gasteiger partial charge in [-0.3, -0.25) is 5.10 Å². The second kappa shape index (κ2) is 5.36. The van der Waals surface area contributed by atoms with E-state index >= 15 is 0 Å². The Morgan fingerprint density at radius 2 is 2.11 bits per heavy atom. The summed E-state index contributed by atoms with van der Waals surface area (Å²) in [4.78, 5) is 7.33. The molecule has 5 nitrogen and oxygen atoms in total. The van der Waals surface area contributed by atoms with Crippen LogP contribution in [0.25, 0.3) is 27.2 Å². The van der Waals surface area contributed by atoms with Gasteiger partial charge in [0, 0.05) is 5.39 Å². The molecule has 5 heteroatoms. The lowest BCUT2D eigenvalue weighted by atomic mass is 10.1. The average molecular weight is 254 g/mol. The number of fused-ring (bicyclic) bond motifs is 1. The Morgan fingerprint density at radius 1 is 1.32 bits per heavy atom. The van der Waals surface area contributed by atoms with Gasteiger partial charge in [-0.25, -0.2) is 9.83 Å². The van der Waals surface area contributed by atoms with E-state index in [9.17, 15) is 0 Å². The molecule has 0 unspecified atom stereocenters. The normalized spacial score (nSPS) is 9.79. The van der Waals surface area contributed by atoms with Gasteiger partial charge in [-0.1, -0.05) is 19.9 Å². The van der Waals surface area contributed by atoms with Crippen molar-refractivity contribution in [3.63, 3.8) is 0 Å². The molecule has 0 aliphatic heterocycles. The second-order valence-corrected chi connectivity index (χ2v) is 3.73. The summed E-state index contributed by atoms with van der Waals surface area (Å²) in [7, 11) is 0. The van der Waals surface area contributed by atoms with E-state index in [2.05, 4.69) is 20.0 Å². The molecule has 0 atom stereocenters. The van der Waals surface area contributed by atoms with Crippen LogP contribution in [-0.4, -0.2) is 15.2 Å². The molecule has 96 valence electrons. The maximum Gasteiger partial charge on any atom is 0.192 e. The number of rotatable bonds is 1. The summed E-state index contributed by atoms with van der Waals surface area (Å²) in [6.07, 6.45) is 2.99. The van der Waals surface area contributed by atoms with Gasteiger partial charge < -0.3 is 4.42 Å². The standard InChI is InChI=1S/C12H8N4O.C2H6/c1-7-3-8-10(4-9(7)13-2)15-16-12(8)11-5-14-6-17-11;1-2/h3-6H,1H3,(H,15,16);1-2H3. The zero-order valence-corrected chi connectivity index (χ0v) is 11.1. The summed E-state index contributed by atoms with van der Waals surface area (Å²) in [5.74, 6) is 0.617. The maximum absolute atomic E-state index is 7.07. The van der Waals surface area contributed by atoms with Crippen LogP contribution >= 0.6 is 0 Å². The van der Waals surface area contributed by atoms with E-state index in [1.54, 1.807) is 12.3 Å². The zero-order chi connectivity index (χ0) is 13.8. The highest BCUT2D eigenvalue weighted by Crippen LogP contribution is 2.31. The van der Waals surface area contributed by atoms with Crippen LogP contribution in [0.4, 0.5) is 5.69 Å². The van der Waals surface area contributed by atoms with Crippen LogP contribution in [0.5, 0.6) is 0 Å². The predicted octanol–water partition coefficient (Wildman–Crippen LogP) is 4.10. The summed E-state index contributed by atoms with van der Waals surface area (Å²) >= 11 is 0. The lowest BCUT2D eigenvalue weighted by Gasteiger charge is -1.97. The first kappa shape index (κ1) is 12.8. The summed E-state index contributed by atoms with van der Waals surface area (Å²) in [6.45, 7) is 13.0. The van der Waals surface area contributed by atoms with Crippen molar-refractivity contribution in [3.05, 3.63) is 41.7 Å². The lowest BCUT2D eigenvalue weighted by Crippen LogP contribution is -1.76. The van der Waals surface area contributed by atoms with Crippen molar-refractivity contribution in [2.45, 2.75) is 20.8 Å². The van der Waals surface area contributed by atoms with Crippen LogP contribution in [-0.2, 0) is 0 Å². The van der Waals surface area contributed by atoms with Gasteiger partial charge in [0.25, 0.3) is 0 Å². The summed E-state index contributed by atoms with van der Waals surface area (Å²) in [6, 6.07) is 3.73. The van der Waals surface area contributed by atoms with E-state index in [1.165, 1.54) is 6.39 Å². The lowest BCUT2D eigenvalue weighted by molar-refractivity contribution is 0.570. The molecule has 3 aromatic rings. The number of benzene rings is 1. The SMILES string of the molecule is CC.[C-]#[N+]c1cc2[nH]nc(-c3cnco3)c2cc1C. The number of aromatic nitrogens is 3. The van der Waals surface area contributed by atoms with E-state index in [0.29, 0.717) is 11.4 Å². The van der Waals surface area contributed by atoms with Crippen LogP contribution in [0.1, 0.15) is 19.4 Å². The molecule has 0 spiro atoms. The molecule has 1 N–H and O–H groups in total. The fourth-order valence-electron chi connectivity index (χ4n) is 1.80. The van der Waals surface area contributed by atoms with Crippen molar-refractivity contribution in [3.8, 4) is 11.5 Å². The molecule has 2 aromatic heterocycles. The van der Waals surface area contributed by atoms with Gasteiger partial charge >= 0.3 is 0 Å². The molecule has 0 aliphatic carbocycles. The van der Waals surface area contributed by atoms with Crippen LogP contribution in [0.2, 0.25) is 0 Å². The van der Waals surface area contributed by atoms with Gasteiger partial charge in [0.15, 0.2) is 17.8 Å². The molecule has 0 amide bonds. The monoisotopic (exact) mass is 254 g/mol. The first-order valence-corrected chi connectivity index (χ1v) is 6.04. The van der Waals surface area contributed by atoms with Crippen molar-refractivity contribution >= 4 is 16.6 Å². The molecule has 19 heavy (non-hydrogen) atoms. The summed E-state index contributed by atoms with van der Waals surface area (Å²) < 4.78 is 5.23. The van der Waals surface area contributed by atoms with Gasteiger partial charge in [0.05, 0.1) is 18.3 Å². The van der Waals surface area contributed by atoms with Crippen molar-refractivity contribution in [2.24, 2.45) is 0 Å². The highest BCUT2D eigenvalue weighted by atomic mass is 16.3. The molecule has 0 bridgehead atoms. The molecule has 1 aromatic carbocycles. The smallest absolute Gasteiger partial charge is 0.192 e. The number of hydrogen-bond donors (Lipinski definition) is 1. The van der Waals surface area contributed by atoms with E-state index < -0.39 is 0 Å². The molecule has 0 saturated carbocycles. The Morgan fingerprint density at radius 3 is 2.74 bits per heavy atom. The van der Waals surface area contributed by atoms with Gasteiger partial charge in [-0.15, -0.1) is 0 Å². The second-order valence-electron chi connectivity index (χ2n) is 3.73. The van der Waals surface area contributed by atoms with Crippen molar-refractivity contribution in [1.29, 1.82) is 0 Å². The van der Waals surface area contributed by atoms with Gasteiger partial charge in [0.1, 0.15) is 5.69 Å². The molecule has 0 radical (unpaired) electrons. The van der Waals surface area contributed by atoms with Crippen LogP contribution in [0, 0.1) is 13.5 Å².